The summed E-state index contributed by atoms with van der Waals surface area (Å²) in [5.74, 6) is 0.526. The molecule has 114 valence electrons. The van der Waals surface area contributed by atoms with E-state index < -0.39 is 0 Å². The van der Waals surface area contributed by atoms with Gasteiger partial charge in [0.15, 0.2) is 5.16 Å². The summed E-state index contributed by atoms with van der Waals surface area (Å²) in [5.41, 5.74) is 3.03. The van der Waals surface area contributed by atoms with Gasteiger partial charge in [0, 0.05) is 22.9 Å². The molecule has 4 rings (SSSR count). The molecule has 4 aromatic rings. The fourth-order valence-corrected chi connectivity index (χ4v) is 4.05. The molecule has 3 nitrogen and oxygen atoms in total. The maximum atomic E-state index is 13.0. The van der Waals surface area contributed by atoms with Gasteiger partial charge in [0.1, 0.15) is 10.8 Å². The van der Waals surface area contributed by atoms with Gasteiger partial charge in [-0.15, -0.1) is 11.3 Å². The molecule has 23 heavy (non-hydrogen) atoms. The van der Waals surface area contributed by atoms with Crippen molar-refractivity contribution in [2.45, 2.75) is 10.9 Å². The summed E-state index contributed by atoms with van der Waals surface area (Å²) in [4.78, 5) is 9.07. The topological polar surface area (TPSA) is 30.2 Å². The summed E-state index contributed by atoms with van der Waals surface area (Å²) < 4.78 is 15.1. The monoisotopic (exact) mass is 341 g/mol. The van der Waals surface area contributed by atoms with Crippen LogP contribution in [0.25, 0.3) is 16.1 Å². The summed E-state index contributed by atoms with van der Waals surface area (Å²) in [6, 6.07) is 12.5. The molecule has 0 bridgehead atoms. The van der Waals surface area contributed by atoms with Crippen molar-refractivity contribution in [1.82, 2.24) is 14.4 Å². The van der Waals surface area contributed by atoms with Crippen LogP contribution in [-0.2, 0) is 5.75 Å². The Labute approximate surface area is 140 Å². The van der Waals surface area contributed by atoms with Crippen molar-refractivity contribution in [3.8, 4) is 10.6 Å². The van der Waals surface area contributed by atoms with Gasteiger partial charge in [-0.2, -0.15) is 0 Å². The van der Waals surface area contributed by atoms with Crippen LogP contribution in [0.5, 0.6) is 0 Å². The van der Waals surface area contributed by atoms with E-state index in [-0.39, 0.29) is 5.82 Å². The SMILES string of the molecule is Fc1ccc(-c2nc(CSc3ncc4ccccn34)cs2)cc1. The number of hydrogen-bond donors (Lipinski definition) is 0. The maximum Gasteiger partial charge on any atom is 0.172 e. The number of nitrogens with zero attached hydrogens (tertiary/aromatic N) is 3. The average molecular weight is 341 g/mol. The van der Waals surface area contributed by atoms with Crippen molar-refractivity contribution in [2.24, 2.45) is 0 Å². The Bertz CT molecular complexity index is 944. The van der Waals surface area contributed by atoms with Gasteiger partial charge in [0.05, 0.1) is 17.4 Å². The van der Waals surface area contributed by atoms with E-state index in [2.05, 4.69) is 14.4 Å². The van der Waals surface area contributed by atoms with Gasteiger partial charge < -0.3 is 0 Å². The van der Waals surface area contributed by atoms with Crippen molar-refractivity contribution in [3.63, 3.8) is 0 Å². The second-order valence-corrected chi connectivity index (χ2v) is 6.78. The Morgan fingerprint density at radius 3 is 2.87 bits per heavy atom. The zero-order valence-corrected chi connectivity index (χ0v) is 13.6. The number of thioether (sulfide) groups is 1. The predicted molar refractivity (Wildman–Crippen MR) is 92.3 cm³/mol. The average Bonchev–Trinajstić information content (AvgIpc) is 3.20. The molecule has 0 aliphatic heterocycles. The van der Waals surface area contributed by atoms with Crippen LogP contribution in [0.2, 0.25) is 0 Å². The predicted octanol–water partition coefficient (Wildman–Crippen LogP) is 4.89. The molecule has 0 fully saturated rings. The quantitative estimate of drug-likeness (QED) is 0.495. The molecule has 3 aromatic heterocycles. The molecule has 0 N–H and O–H groups in total. The summed E-state index contributed by atoms with van der Waals surface area (Å²) in [5, 5.41) is 3.91. The first-order valence-corrected chi connectivity index (χ1v) is 8.91. The first-order chi connectivity index (χ1) is 11.3. The lowest BCUT2D eigenvalue weighted by atomic mass is 10.2. The van der Waals surface area contributed by atoms with Crippen molar-refractivity contribution in [1.29, 1.82) is 0 Å². The van der Waals surface area contributed by atoms with E-state index in [9.17, 15) is 4.39 Å². The van der Waals surface area contributed by atoms with E-state index in [0.717, 1.165) is 32.7 Å². The van der Waals surface area contributed by atoms with Gasteiger partial charge in [0.25, 0.3) is 0 Å². The van der Waals surface area contributed by atoms with Gasteiger partial charge >= 0.3 is 0 Å². The molecule has 0 spiro atoms. The van der Waals surface area contributed by atoms with Crippen molar-refractivity contribution in [2.75, 3.05) is 0 Å². The van der Waals surface area contributed by atoms with Crippen molar-refractivity contribution >= 4 is 28.6 Å². The Morgan fingerprint density at radius 1 is 1.13 bits per heavy atom. The molecular formula is C17H12FN3S2. The van der Waals surface area contributed by atoms with E-state index in [4.69, 9.17) is 0 Å². The normalized spacial score (nSPS) is 11.2. The second kappa shape index (κ2) is 6.14. The number of pyridine rings is 1. The minimum absolute atomic E-state index is 0.229. The third-order valence-corrected chi connectivity index (χ3v) is 5.34. The molecule has 3 heterocycles. The maximum absolute atomic E-state index is 13.0. The van der Waals surface area contributed by atoms with Crippen molar-refractivity contribution in [3.05, 3.63) is 71.7 Å². The lowest BCUT2D eigenvalue weighted by Crippen LogP contribution is -1.88. The van der Waals surface area contributed by atoms with Crippen LogP contribution in [0.15, 0.2) is 65.4 Å². The number of halogens is 1. The summed E-state index contributed by atoms with van der Waals surface area (Å²) in [6.07, 6.45) is 3.88. The minimum Gasteiger partial charge on any atom is -0.295 e. The summed E-state index contributed by atoms with van der Waals surface area (Å²) >= 11 is 3.23. The van der Waals surface area contributed by atoms with Crippen LogP contribution < -0.4 is 0 Å². The Balaban J connectivity index is 1.51. The molecular weight excluding hydrogens is 329 g/mol. The molecule has 0 saturated carbocycles. The zero-order chi connectivity index (χ0) is 15.6. The molecule has 0 saturated heterocycles. The standard InChI is InChI=1S/C17H12FN3S2/c18-13-6-4-12(5-7-13)16-20-14(10-22-16)11-23-17-19-9-15-3-1-2-8-21(15)17/h1-10H,11H2. The molecule has 0 atom stereocenters. The lowest BCUT2D eigenvalue weighted by Gasteiger charge is -1.99. The molecule has 0 unspecified atom stereocenters. The third kappa shape index (κ3) is 3.00. The smallest absolute Gasteiger partial charge is 0.172 e. The van der Waals surface area contributed by atoms with Gasteiger partial charge in [-0.05, 0) is 36.4 Å². The van der Waals surface area contributed by atoms with Crippen molar-refractivity contribution < 1.29 is 4.39 Å². The van der Waals surface area contributed by atoms with E-state index in [1.54, 1.807) is 35.2 Å². The molecule has 0 aliphatic carbocycles. The highest BCUT2D eigenvalue weighted by atomic mass is 32.2. The van der Waals surface area contributed by atoms with Gasteiger partial charge in [-0.25, -0.2) is 14.4 Å². The lowest BCUT2D eigenvalue weighted by molar-refractivity contribution is 0.628. The molecule has 0 radical (unpaired) electrons. The number of imidazole rings is 1. The summed E-state index contributed by atoms with van der Waals surface area (Å²) in [6.45, 7) is 0. The molecule has 1 aromatic carbocycles. The molecule has 6 heteroatoms. The largest absolute Gasteiger partial charge is 0.295 e. The Morgan fingerprint density at radius 2 is 2.00 bits per heavy atom. The fourth-order valence-electron chi connectivity index (χ4n) is 2.26. The second-order valence-electron chi connectivity index (χ2n) is 4.98. The Hall–Kier alpha value is -2.18. The van der Waals surface area contributed by atoms with Gasteiger partial charge in [-0.1, -0.05) is 17.8 Å². The van der Waals surface area contributed by atoms with Crippen LogP contribution in [0.1, 0.15) is 5.69 Å². The van der Waals surface area contributed by atoms with Gasteiger partial charge in [0.2, 0.25) is 0 Å². The highest BCUT2D eigenvalue weighted by Crippen LogP contribution is 2.28. The fraction of sp³-hybridized carbons (Fsp3) is 0.0588. The zero-order valence-electron chi connectivity index (χ0n) is 12.0. The minimum atomic E-state index is -0.229. The van der Waals surface area contributed by atoms with E-state index in [0.29, 0.717) is 0 Å². The summed E-state index contributed by atoms with van der Waals surface area (Å²) in [7, 11) is 0. The molecule has 0 aliphatic rings. The van der Waals surface area contributed by atoms with E-state index >= 15 is 0 Å². The van der Waals surface area contributed by atoms with Crippen LogP contribution in [0, 0.1) is 5.82 Å². The number of benzene rings is 1. The number of fused-ring (bicyclic) bond motifs is 1. The first-order valence-electron chi connectivity index (χ1n) is 7.05. The number of rotatable bonds is 4. The molecule has 0 amide bonds. The van der Waals surface area contributed by atoms with Crippen LogP contribution in [-0.4, -0.2) is 14.4 Å². The number of aromatic nitrogens is 3. The van der Waals surface area contributed by atoms with Crippen LogP contribution in [0.4, 0.5) is 4.39 Å². The Kier molecular flexibility index (Phi) is 3.85. The van der Waals surface area contributed by atoms with Crippen LogP contribution >= 0.6 is 23.1 Å². The van der Waals surface area contributed by atoms with Crippen LogP contribution in [0.3, 0.4) is 0 Å². The number of thiazole rings is 1. The van der Waals surface area contributed by atoms with Gasteiger partial charge in [-0.3, -0.25) is 4.40 Å². The third-order valence-electron chi connectivity index (χ3n) is 3.40. The highest BCUT2D eigenvalue weighted by molar-refractivity contribution is 7.98. The van der Waals surface area contributed by atoms with E-state index in [1.807, 2.05) is 36.0 Å². The van der Waals surface area contributed by atoms with E-state index in [1.165, 1.54) is 12.1 Å². The number of hydrogen-bond acceptors (Lipinski definition) is 4. The highest BCUT2D eigenvalue weighted by Gasteiger charge is 2.08. The first kappa shape index (κ1) is 14.4.